The molecule has 0 saturated carbocycles. The lowest BCUT2D eigenvalue weighted by atomic mass is 9.95. The van der Waals surface area contributed by atoms with Crippen LogP contribution in [0, 0.1) is 5.92 Å². The number of hydrogen-bond acceptors (Lipinski definition) is 7. The largest absolute Gasteiger partial charge is 0.387 e. The van der Waals surface area contributed by atoms with Crippen LogP contribution >= 0.6 is 0 Å². The number of benzene rings is 1. The summed E-state index contributed by atoms with van der Waals surface area (Å²) in [5, 5.41) is 39.2. The van der Waals surface area contributed by atoms with Gasteiger partial charge in [0, 0.05) is 25.2 Å². The van der Waals surface area contributed by atoms with Crippen molar-refractivity contribution < 1.29 is 20.1 Å². The van der Waals surface area contributed by atoms with Gasteiger partial charge in [-0.25, -0.2) is 0 Å². The van der Waals surface area contributed by atoms with Gasteiger partial charge in [-0.05, 0) is 49.3 Å². The van der Waals surface area contributed by atoms with E-state index in [0.717, 1.165) is 37.8 Å². The molecule has 154 valence electrons. The van der Waals surface area contributed by atoms with Crippen LogP contribution in [-0.4, -0.2) is 70.2 Å². The normalized spacial score (nSPS) is 41.8. The molecule has 7 heteroatoms. The van der Waals surface area contributed by atoms with E-state index in [-0.39, 0.29) is 6.17 Å². The Kier molecular flexibility index (Phi) is 4.95. The zero-order valence-electron chi connectivity index (χ0n) is 16.3. The summed E-state index contributed by atoms with van der Waals surface area (Å²) in [7, 11) is 0. The number of aryl methyl sites for hydroxylation is 2. The van der Waals surface area contributed by atoms with Gasteiger partial charge in [-0.15, -0.1) is 0 Å². The maximum Gasteiger partial charge on any atom is 0.141 e. The Morgan fingerprint density at radius 3 is 2.82 bits per heavy atom. The molecular weight excluding hydrogens is 358 g/mol. The van der Waals surface area contributed by atoms with Crippen molar-refractivity contribution in [1.82, 2.24) is 15.5 Å². The first-order valence-electron chi connectivity index (χ1n) is 10.6. The number of aliphatic hydroxyl groups excluding tert-OH is 3. The molecule has 0 spiro atoms. The number of likely N-dealkylation sites (tertiary alicyclic amines) is 1. The lowest BCUT2D eigenvalue weighted by molar-refractivity contribution is -0.127. The first-order valence-corrected chi connectivity index (χ1v) is 10.6. The molecule has 7 nitrogen and oxygen atoms in total. The van der Waals surface area contributed by atoms with Crippen LogP contribution in [0.4, 0.5) is 0 Å². The minimum absolute atomic E-state index is 0.110. The molecule has 1 aliphatic carbocycles. The number of aliphatic hydroxyl groups is 3. The molecule has 0 radical (unpaired) electrons. The summed E-state index contributed by atoms with van der Waals surface area (Å²) >= 11 is 0. The van der Waals surface area contributed by atoms with Crippen LogP contribution in [0.2, 0.25) is 0 Å². The molecule has 5 rings (SSSR count). The number of rotatable bonds is 3. The van der Waals surface area contributed by atoms with Crippen molar-refractivity contribution in [2.75, 3.05) is 13.2 Å². The average Bonchev–Trinajstić information content (AvgIpc) is 3.40. The van der Waals surface area contributed by atoms with Crippen LogP contribution in [0.1, 0.15) is 42.6 Å². The molecule has 1 aromatic rings. The van der Waals surface area contributed by atoms with E-state index >= 15 is 0 Å². The number of nitrogens with one attached hydrogen (secondary N) is 2. The molecule has 5 N–H and O–H groups in total. The van der Waals surface area contributed by atoms with Crippen LogP contribution in [0.5, 0.6) is 0 Å². The second-order valence-electron chi connectivity index (χ2n) is 8.81. The van der Waals surface area contributed by atoms with E-state index in [9.17, 15) is 15.3 Å². The predicted octanol–water partition coefficient (Wildman–Crippen LogP) is -0.158. The number of nitrogens with zero attached hydrogens (tertiary/aromatic N) is 1. The quantitative estimate of drug-likeness (QED) is 0.490. The fourth-order valence-corrected chi connectivity index (χ4v) is 5.58. The third-order valence-electron chi connectivity index (χ3n) is 7.24. The third kappa shape index (κ3) is 3.01. The van der Waals surface area contributed by atoms with Crippen molar-refractivity contribution >= 4 is 0 Å². The van der Waals surface area contributed by atoms with Gasteiger partial charge in [0.15, 0.2) is 0 Å². The Labute approximate surface area is 165 Å². The Morgan fingerprint density at radius 2 is 1.96 bits per heavy atom. The molecule has 0 bridgehead atoms. The fourth-order valence-electron chi connectivity index (χ4n) is 5.58. The lowest BCUT2D eigenvalue weighted by Gasteiger charge is -2.39. The first-order chi connectivity index (χ1) is 13.5. The maximum absolute atomic E-state index is 10.9. The molecular formula is C21H31N3O4. The molecule has 1 aromatic carbocycles. The van der Waals surface area contributed by atoms with Gasteiger partial charge < -0.3 is 25.4 Å². The second kappa shape index (κ2) is 7.32. The monoisotopic (exact) mass is 389 g/mol. The van der Waals surface area contributed by atoms with Crippen LogP contribution in [0.25, 0.3) is 0 Å². The molecule has 3 aliphatic heterocycles. The van der Waals surface area contributed by atoms with Crippen molar-refractivity contribution in [3.8, 4) is 0 Å². The summed E-state index contributed by atoms with van der Waals surface area (Å²) in [6.45, 7) is 3.69. The summed E-state index contributed by atoms with van der Waals surface area (Å²) in [6.07, 6.45) is -0.182. The number of fused-ring (bicyclic) bond motifs is 2. The number of hydrogen-bond donors (Lipinski definition) is 5. The molecule has 0 amide bonds. The number of ether oxygens (including phenoxy) is 1. The van der Waals surface area contributed by atoms with E-state index in [1.54, 1.807) is 0 Å². The van der Waals surface area contributed by atoms with E-state index in [0.29, 0.717) is 18.6 Å². The van der Waals surface area contributed by atoms with Crippen LogP contribution < -0.4 is 10.6 Å². The molecule has 3 unspecified atom stereocenters. The van der Waals surface area contributed by atoms with Crippen molar-refractivity contribution in [2.45, 2.75) is 75.5 Å². The highest BCUT2D eigenvalue weighted by atomic mass is 16.6. The second-order valence-corrected chi connectivity index (χ2v) is 8.81. The highest BCUT2D eigenvalue weighted by Crippen LogP contribution is 2.38. The minimum atomic E-state index is -1.12. The summed E-state index contributed by atoms with van der Waals surface area (Å²) in [5.74, 6) is 0.433. The zero-order chi connectivity index (χ0) is 19.4. The molecule has 3 heterocycles. The van der Waals surface area contributed by atoms with E-state index in [4.69, 9.17) is 4.74 Å². The Morgan fingerprint density at radius 1 is 1.14 bits per heavy atom. The Balaban J connectivity index is 1.33. The highest BCUT2D eigenvalue weighted by molar-refractivity contribution is 5.36. The maximum atomic E-state index is 10.9. The SMILES string of the molecule is CC1NCNC2C1CCN2[C@@H]1O[C@H]([C@H](O)c2ccc3c(c2)CCC3)[C@@H](O)[C@H]1O. The zero-order valence-corrected chi connectivity index (χ0v) is 16.3. The van der Waals surface area contributed by atoms with Crippen molar-refractivity contribution in [1.29, 1.82) is 0 Å². The molecule has 28 heavy (non-hydrogen) atoms. The summed E-state index contributed by atoms with van der Waals surface area (Å²) in [6, 6.07) is 6.42. The van der Waals surface area contributed by atoms with Gasteiger partial charge in [-0.3, -0.25) is 10.2 Å². The molecule has 4 aliphatic rings. The van der Waals surface area contributed by atoms with Crippen LogP contribution in [0.3, 0.4) is 0 Å². The van der Waals surface area contributed by atoms with Gasteiger partial charge in [0.25, 0.3) is 0 Å². The third-order valence-corrected chi connectivity index (χ3v) is 7.24. The summed E-state index contributed by atoms with van der Waals surface area (Å²) < 4.78 is 6.11. The van der Waals surface area contributed by atoms with Gasteiger partial charge in [-0.2, -0.15) is 0 Å². The van der Waals surface area contributed by atoms with E-state index in [1.807, 2.05) is 12.1 Å². The van der Waals surface area contributed by atoms with Gasteiger partial charge >= 0.3 is 0 Å². The predicted molar refractivity (Wildman–Crippen MR) is 103 cm³/mol. The van der Waals surface area contributed by atoms with Crippen molar-refractivity contribution in [3.05, 3.63) is 34.9 Å². The Hall–Kier alpha value is -1.06. The lowest BCUT2D eigenvalue weighted by Crippen LogP contribution is -2.61. The standard InChI is InChI=1S/C21H31N3O4/c1-11-15-7-8-24(20(15)23-10-22-11)21-18(27)17(26)19(28-21)16(25)14-6-5-12-3-2-4-13(12)9-14/h5-6,9,11,15-23,25-27H,2-4,7-8,10H2,1H3/t11?,15?,16-,17+,18-,19-,20?,21-/m1/s1. The molecule has 3 fully saturated rings. The van der Waals surface area contributed by atoms with E-state index in [1.165, 1.54) is 11.1 Å². The minimum Gasteiger partial charge on any atom is -0.387 e. The van der Waals surface area contributed by atoms with Gasteiger partial charge in [0.05, 0.1) is 6.17 Å². The van der Waals surface area contributed by atoms with Crippen LogP contribution in [0.15, 0.2) is 18.2 Å². The smallest absolute Gasteiger partial charge is 0.141 e. The fraction of sp³-hybridized carbons (Fsp3) is 0.714. The van der Waals surface area contributed by atoms with Gasteiger partial charge in [0.2, 0.25) is 0 Å². The summed E-state index contributed by atoms with van der Waals surface area (Å²) in [4.78, 5) is 2.12. The van der Waals surface area contributed by atoms with E-state index < -0.39 is 30.6 Å². The van der Waals surface area contributed by atoms with Crippen molar-refractivity contribution in [2.24, 2.45) is 5.92 Å². The van der Waals surface area contributed by atoms with Gasteiger partial charge in [-0.1, -0.05) is 18.2 Å². The average molecular weight is 389 g/mol. The molecule has 3 saturated heterocycles. The molecule has 0 aromatic heterocycles. The molecule has 8 atom stereocenters. The van der Waals surface area contributed by atoms with Crippen LogP contribution in [-0.2, 0) is 17.6 Å². The van der Waals surface area contributed by atoms with Gasteiger partial charge in [0.1, 0.15) is 30.6 Å². The summed E-state index contributed by atoms with van der Waals surface area (Å²) in [5.41, 5.74) is 3.37. The van der Waals surface area contributed by atoms with E-state index in [2.05, 4.69) is 28.5 Å². The van der Waals surface area contributed by atoms with Crippen molar-refractivity contribution in [3.63, 3.8) is 0 Å². The first kappa shape index (κ1) is 18.9. The Bertz CT molecular complexity index is 732. The highest BCUT2D eigenvalue weighted by Gasteiger charge is 2.53. The topological polar surface area (TPSA) is 97.2 Å².